The molecule has 1 N–H and O–H groups in total. The first kappa shape index (κ1) is 15.9. The molecule has 0 aliphatic rings. The lowest BCUT2D eigenvalue weighted by Gasteiger charge is -2.11. The highest BCUT2D eigenvalue weighted by molar-refractivity contribution is 9.11. The fourth-order valence-corrected chi connectivity index (χ4v) is 3.77. The predicted octanol–water partition coefficient (Wildman–Crippen LogP) is 4.91. The first-order valence-corrected chi connectivity index (χ1v) is 9.09. The van der Waals surface area contributed by atoms with E-state index in [0.29, 0.717) is 19.1 Å². The van der Waals surface area contributed by atoms with E-state index in [-0.39, 0.29) is 0 Å². The summed E-state index contributed by atoms with van der Waals surface area (Å²) in [6.45, 7) is 0. The Morgan fingerprint density at radius 2 is 1.55 bits per heavy atom. The molecule has 0 heterocycles. The molecular weight excluding hydrogens is 481 g/mol. The summed E-state index contributed by atoms with van der Waals surface area (Å²) in [6.07, 6.45) is 0. The SMILES string of the molecule is O=S(=O)(Nc1cc(Br)ccc1Br)c1ccc(Br)cc1F. The van der Waals surface area contributed by atoms with Crippen LogP contribution in [-0.4, -0.2) is 8.42 Å². The van der Waals surface area contributed by atoms with E-state index in [9.17, 15) is 12.8 Å². The molecule has 2 aromatic carbocycles. The van der Waals surface area contributed by atoms with Crippen LogP contribution in [-0.2, 0) is 10.0 Å². The molecule has 2 rings (SSSR count). The maximum absolute atomic E-state index is 13.8. The zero-order valence-corrected chi connectivity index (χ0v) is 15.3. The second-order valence-electron chi connectivity index (χ2n) is 3.80. The van der Waals surface area contributed by atoms with Crippen LogP contribution in [0.15, 0.2) is 54.7 Å². The Morgan fingerprint density at radius 3 is 2.20 bits per heavy atom. The van der Waals surface area contributed by atoms with E-state index in [0.717, 1.165) is 6.07 Å². The third kappa shape index (κ3) is 3.60. The summed E-state index contributed by atoms with van der Waals surface area (Å²) in [4.78, 5) is -0.410. The number of sulfonamides is 1. The van der Waals surface area contributed by atoms with E-state index in [2.05, 4.69) is 52.5 Å². The molecule has 2 aromatic rings. The van der Waals surface area contributed by atoms with Crippen LogP contribution in [0.1, 0.15) is 0 Å². The van der Waals surface area contributed by atoms with Gasteiger partial charge in [-0.05, 0) is 52.3 Å². The second kappa shape index (κ2) is 6.13. The molecule has 0 spiro atoms. The van der Waals surface area contributed by atoms with Crippen LogP contribution in [0.2, 0.25) is 0 Å². The molecule has 20 heavy (non-hydrogen) atoms. The molecular formula is C12H7Br3FNO2S. The van der Waals surface area contributed by atoms with Crippen LogP contribution in [0.25, 0.3) is 0 Å². The van der Waals surface area contributed by atoms with Crippen LogP contribution in [0.4, 0.5) is 10.1 Å². The van der Waals surface area contributed by atoms with Crippen LogP contribution >= 0.6 is 47.8 Å². The minimum atomic E-state index is -4.00. The number of nitrogens with one attached hydrogen (secondary N) is 1. The van der Waals surface area contributed by atoms with Gasteiger partial charge in [0.2, 0.25) is 0 Å². The van der Waals surface area contributed by atoms with Crippen LogP contribution in [0.5, 0.6) is 0 Å². The third-order valence-electron chi connectivity index (χ3n) is 2.36. The Hall–Kier alpha value is -0.440. The van der Waals surface area contributed by atoms with Crippen molar-refractivity contribution in [3.05, 3.63) is 55.6 Å². The average molecular weight is 488 g/mol. The fraction of sp³-hybridized carbons (Fsp3) is 0. The lowest BCUT2D eigenvalue weighted by molar-refractivity contribution is 0.570. The Balaban J connectivity index is 2.43. The molecule has 0 atom stereocenters. The van der Waals surface area contributed by atoms with Gasteiger partial charge in [0.05, 0.1) is 5.69 Å². The molecule has 3 nitrogen and oxygen atoms in total. The third-order valence-corrected chi connectivity index (χ3v) is 5.43. The van der Waals surface area contributed by atoms with Crippen molar-refractivity contribution in [3.63, 3.8) is 0 Å². The van der Waals surface area contributed by atoms with Crippen molar-refractivity contribution in [1.82, 2.24) is 0 Å². The van der Waals surface area contributed by atoms with E-state index in [1.54, 1.807) is 18.2 Å². The zero-order valence-electron chi connectivity index (χ0n) is 9.70. The molecule has 0 amide bonds. The molecule has 0 aliphatic heterocycles. The van der Waals surface area contributed by atoms with Gasteiger partial charge in [-0.2, -0.15) is 0 Å². The van der Waals surface area contributed by atoms with E-state index in [1.807, 2.05) is 0 Å². The maximum atomic E-state index is 13.8. The highest BCUT2D eigenvalue weighted by Gasteiger charge is 2.20. The molecule has 8 heteroatoms. The first-order valence-electron chi connectivity index (χ1n) is 5.22. The monoisotopic (exact) mass is 485 g/mol. The summed E-state index contributed by atoms with van der Waals surface area (Å²) >= 11 is 9.57. The Kier molecular flexibility index (Phi) is 4.88. The first-order chi connectivity index (χ1) is 9.29. The maximum Gasteiger partial charge on any atom is 0.264 e. The number of hydrogen-bond donors (Lipinski definition) is 1. The summed E-state index contributed by atoms with van der Waals surface area (Å²) < 4.78 is 42.2. The van der Waals surface area contributed by atoms with Crippen molar-refractivity contribution in [2.45, 2.75) is 4.90 Å². The quantitative estimate of drug-likeness (QED) is 0.668. The lowest BCUT2D eigenvalue weighted by Crippen LogP contribution is -2.15. The van der Waals surface area contributed by atoms with Gasteiger partial charge in [-0.1, -0.05) is 31.9 Å². The Morgan fingerprint density at radius 1 is 0.950 bits per heavy atom. The minimum absolute atomic E-state index is 0.321. The van der Waals surface area contributed by atoms with E-state index in [4.69, 9.17) is 0 Å². The van der Waals surface area contributed by atoms with Gasteiger partial charge < -0.3 is 0 Å². The van der Waals surface area contributed by atoms with Gasteiger partial charge in [-0.15, -0.1) is 0 Å². The Bertz CT molecular complexity index is 765. The minimum Gasteiger partial charge on any atom is -0.278 e. The van der Waals surface area contributed by atoms with Gasteiger partial charge in [0.15, 0.2) is 0 Å². The van der Waals surface area contributed by atoms with Crippen LogP contribution in [0, 0.1) is 5.82 Å². The van der Waals surface area contributed by atoms with Crippen molar-refractivity contribution in [3.8, 4) is 0 Å². The second-order valence-corrected chi connectivity index (χ2v) is 8.14. The molecule has 0 fully saturated rings. The van der Waals surface area contributed by atoms with Crippen molar-refractivity contribution in [2.75, 3.05) is 4.72 Å². The summed E-state index contributed by atoms with van der Waals surface area (Å²) in [7, 11) is -4.00. The van der Waals surface area contributed by atoms with Gasteiger partial charge in [0.1, 0.15) is 10.7 Å². The molecule has 0 bridgehead atoms. The van der Waals surface area contributed by atoms with Crippen molar-refractivity contribution in [2.24, 2.45) is 0 Å². The van der Waals surface area contributed by atoms with Crippen LogP contribution in [0.3, 0.4) is 0 Å². The normalized spacial score (nSPS) is 11.4. The highest BCUT2D eigenvalue weighted by Crippen LogP contribution is 2.29. The van der Waals surface area contributed by atoms with Gasteiger partial charge in [0, 0.05) is 13.4 Å². The molecule has 0 saturated carbocycles. The van der Waals surface area contributed by atoms with Gasteiger partial charge in [-0.3, -0.25) is 4.72 Å². The van der Waals surface area contributed by atoms with E-state index in [1.165, 1.54) is 12.1 Å². The van der Waals surface area contributed by atoms with Gasteiger partial charge in [-0.25, -0.2) is 12.8 Å². The highest BCUT2D eigenvalue weighted by atomic mass is 79.9. The summed E-state index contributed by atoms with van der Waals surface area (Å²) in [6, 6.07) is 8.78. The number of anilines is 1. The van der Waals surface area contributed by atoms with E-state index < -0.39 is 20.7 Å². The summed E-state index contributed by atoms with van der Waals surface area (Å²) in [5.41, 5.74) is 0.321. The van der Waals surface area contributed by atoms with Crippen molar-refractivity contribution >= 4 is 63.5 Å². The topological polar surface area (TPSA) is 46.2 Å². The lowest BCUT2D eigenvalue weighted by atomic mass is 10.3. The fourth-order valence-electron chi connectivity index (χ4n) is 1.47. The number of rotatable bonds is 3. The number of benzene rings is 2. The number of halogens is 4. The molecule has 0 unspecified atom stereocenters. The summed E-state index contributed by atoms with van der Waals surface area (Å²) in [5, 5.41) is 0. The van der Waals surface area contributed by atoms with E-state index >= 15 is 0 Å². The van der Waals surface area contributed by atoms with Crippen LogP contribution < -0.4 is 4.72 Å². The smallest absolute Gasteiger partial charge is 0.264 e. The van der Waals surface area contributed by atoms with Gasteiger partial charge in [0.25, 0.3) is 10.0 Å². The number of hydrogen-bond acceptors (Lipinski definition) is 2. The molecule has 106 valence electrons. The molecule has 0 aliphatic carbocycles. The van der Waals surface area contributed by atoms with Crippen molar-refractivity contribution in [1.29, 1.82) is 0 Å². The zero-order chi connectivity index (χ0) is 14.9. The largest absolute Gasteiger partial charge is 0.278 e. The Labute approximate surface area is 141 Å². The molecule has 0 saturated heterocycles. The molecule has 0 aromatic heterocycles. The summed E-state index contributed by atoms with van der Waals surface area (Å²) in [5.74, 6) is -0.821. The van der Waals surface area contributed by atoms with Gasteiger partial charge >= 0.3 is 0 Å². The predicted molar refractivity (Wildman–Crippen MR) is 86.8 cm³/mol. The molecule has 0 radical (unpaired) electrons. The standard InChI is InChI=1S/C12H7Br3FNO2S/c13-7-2-4-12(10(16)5-7)20(18,19)17-11-6-8(14)1-3-9(11)15/h1-6,17H. The van der Waals surface area contributed by atoms with Crippen molar-refractivity contribution < 1.29 is 12.8 Å². The average Bonchev–Trinajstić information content (AvgIpc) is 2.33.